The minimum absolute atomic E-state index is 0.0903. The molecule has 26 heavy (non-hydrogen) atoms. The zero-order valence-electron chi connectivity index (χ0n) is 15.1. The summed E-state index contributed by atoms with van der Waals surface area (Å²) in [5.74, 6) is 0.0903. The SMILES string of the molecule is O=C(C[NH+](Cc1cccs1)C[C@H]1CCCO1)Nc1ccc2c(c1)CCC2. The molecule has 2 aromatic rings. The van der Waals surface area contributed by atoms with Gasteiger partial charge < -0.3 is 15.0 Å². The molecule has 4 rings (SSSR count). The highest BCUT2D eigenvalue weighted by atomic mass is 32.1. The number of carbonyl (C=O) groups excluding carboxylic acids is 1. The summed E-state index contributed by atoms with van der Waals surface area (Å²) in [5.41, 5.74) is 3.76. The lowest BCUT2D eigenvalue weighted by molar-refractivity contribution is -0.908. The van der Waals surface area contributed by atoms with E-state index in [2.05, 4.69) is 35.0 Å². The Morgan fingerprint density at radius 2 is 2.15 bits per heavy atom. The molecule has 2 atom stereocenters. The number of amides is 1. The highest BCUT2D eigenvalue weighted by Gasteiger charge is 2.24. The molecule has 1 aliphatic heterocycles. The van der Waals surface area contributed by atoms with Crippen molar-refractivity contribution in [2.75, 3.05) is 25.0 Å². The Bertz CT molecular complexity index is 738. The molecular weight excluding hydrogens is 344 g/mol. The van der Waals surface area contributed by atoms with E-state index in [1.807, 2.05) is 6.07 Å². The molecule has 1 aromatic carbocycles. The number of nitrogens with one attached hydrogen (secondary N) is 2. The Morgan fingerprint density at radius 1 is 1.23 bits per heavy atom. The van der Waals surface area contributed by atoms with Gasteiger partial charge >= 0.3 is 0 Å². The van der Waals surface area contributed by atoms with E-state index in [9.17, 15) is 4.79 Å². The molecule has 1 aromatic heterocycles. The van der Waals surface area contributed by atoms with Crippen LogP contribution in [-0.4, -0.2) is 31.7 Å². The summed E-state index contributed by atoms with van der Waals surface area (Å²) in [5, 5.41) is 5.21. The van der Waals surface area contributed by atoms with E-state index in [0.717, 1.165) is 44.6 Å². The number of aryl methyl sites for hydroxylation is 2. The van der Waals surface area contributed by atoms with E-state index >= 15 is 0 Å². The molecule has 1 saturated heterocycles. The molecule has 5 heteroatoms. The van der Waals surface area contributed by atoms with Crippen molar-refractivity contribution in [3.63, 3.8) is 0 Å². The van der Waals surface area contributed by atoms with Gasteiger partial charge in [0.05, 0.1) is 4.88 Å². The van der Waals surface area contributed by atoms with E-state index in [0.29, 0.717) is 6.54 Å². The smallest absolute Gasteiger partial charge is 0.279 e. The monoisotopic (exact) mass is 371 g/mol. The molecule has 2 aliphatic rings. The predicted octanol–water partition coefficient (Wildman–Crippen LogP) is 2.44. The van der Waals surface area contributed by atoms with Crippen LogP contribution in [0.5, 0.6) is 0 Å². The van der Waals surface area contributed by atoms with Gasteiger partial charge in [0, 0.05) is 12.3 Å². The number of rotatable bonds is 7. The molecule has 0 saturated carbocycles. The summed E-state index contributed by atoms with van der Waals surface area (Å²) in [6, 6.07) is 10.6. The molecule has 1 fully saturated rings. The third-order valence-corrected chi connectivity index (χ3v) is 6.21. The molecule has 138 valence electrons. The number of hydrogen-bond donors (Lipinski definition) is 2. The minimum atomic E-state index is 0.0903. The lowest BCUT2D eigenvalue weighted by Crippen LogP contribution is -3.12. The topological polar surface area (TPSA) is 42.8 Å². The zero-order chi connectivity index (χ0) is 17.8. The van der Waals surface area contributed by atoms with Crippen LogP contribution in [0.15, 0.2) is 35.7 Å². The fourth-order valence-electron chi connectivity index (χ4n) is 4.08. The number of quaternary nitrogens is 1. The fraction of sp³-hybridized carbons (Fsp3) is 0.476. The van der Waals surface area contributed by atoms with Crippen LogP contribution in [0.3, 0.4) is 0 Å². The van der Waals surface area contributed by atoms with E-state index in [-0.39, 0.29) is 12.0 Å². The quantitative estimate of drug-likeness (QED) is 0.785. The van der Waals surface area contributed by atoms with Gasteiger partial charge in [0.2, 0.25) is 0 Å². The second-order valence-electron chi connectivity index (χ2n) is 7.41. The van der Waals surface area contributed by atoms with Gasteiger partial charge in [0.15, 0.2) is 6.54 Å². The largest absolute Gasteiger partial charge is 0.372 e. The number of hydrogen-bond acceptors (Lipinski definition) is 3. The van der Waals surface area contributed by atoms with Crippen molar-refractivity contribution in [3.05, 3.63) is 51.7 Å². The summed E-state index contributed by atoms with van der Waals surface area (Å²) in [4.78, 5) is 15.3. The lowest BCUT2D eigenvalue weighted by atomic mass is 10.1. The van der Waals surface area contributed by atoms with Gasteiger partial charge in [-0.3, -0.25) is 4.79 Å². The summed E-state index contributed by atoms with van der Waals surface area (Å²) in [6.45, 7) is 3.12. The van der Waals surface area contributed by atoms with Crippen LogP contribution >= 0.6 is 11.3 Å². The Morgan fingerprint density at radius 3 is 2.96 bits per heavy atom. The van der Waals surface area contributed by atoms with Crippen LogP contribution < -0.4 is 10.2 Å². The molecule has 0 radical (unpaired) electrons. The molecule has 1 aliphatic carbocycles. The van der Waals surface area contributed by atoms with Gasteiger partial charge in [-0.2, -0.15) is 0 Å². The van der Waals surface area contributed by atoms with Gasteiger partial charge in [0.25, 0.3) is 5.91 Å². The van der Waals surface area contributed by atoms with Crippen molar-refractivity contribution in [2.45, 2.75) is 44.8 Å². The van der Waals surface area contributed by atoms with Gasteiger partial charge in [-0.05, 0) is 66.8 Å². The molecule has 1 amide bonds. The number of thiophene rings is 1. The number of fused-ring (bicyclic) bond motifs is 1. The van der Waals surface area contributed by atoms with Gasteiger partial charge in [-0.15, -0.1) is 11.3 Å². The van der Waals surface area contributed by atoms with Crippen LogP contribution in [0.25, 0.3) is 0 Å². The van der Waals surface area contributed by atoms with Crippen molar-refractivity contribution < 1.29 is 14.4 Å². The van der Waals surface area contributed by atoms with E-state index in [1.165, 1.54) is 33.7 Å². The normalized spacial score (nSPS) is 20.1. The predicted molar refractivity (Wildman–Crippen MR) is 105 cm³/mol. The van der Waals surface area contributed by atoms with Gasteiger partial charge in [-0.1, -0.05) is 12.1 Å². The first kappa shape index (κ1) is 17.7. The van der Waals surface area contributed by atoms with E-state index in [4.69, 9.17) is 4.74 Å². The van der Waals surface area contributed by atoms with E-state index < -0.39 is 0 Å². The second-order valence-corrected chi connectivity index (χ2v) is 8.44. The summed E-state index contributed by atoms with van der Waals surface area (Å²) >= 11 is 1.76. The van der Waals surface area contributed by atoms with Crippen LogP contribution in [0.4, 0.5) is 5.69 Å². The van der Waals surface area contributed by atoms with Crippen molar-refractivity contribution in [1.29, 1.82) is 0 Å². The van der Waals surface area contributed by atoms with Crippen LogP contribution in [0.1, 0.15) is 35.3 Å². The first-order valence-corrected chi connectivity index (χ1v) is 10.5. The zero-order valence-corrected chi connectivity index (χ0v) is 15.9. The van der Waals surface area contributed by atoms with Crippen molar-refractivity contribution in [3.8, 4) is 0 Å². The maximum atomic E-state index is 12.7. The van der Waals surface area contributed by atoms with E-state index in [1.54, 1.807) is 11.3 Å². The summed E-state index contributed by atoms with van der Waals surface area (Å²) < 4.78 is 5.80. The molecular formula is C21H27N2O2S+. The maximum Gasteiger partial charge on any atom is 0.279 e. The highest BCUT2D eigenvalue weighted by molar-refractivity contribution is 7.09. The molecule has 2 heterocycles. The number of carbonyl (C=O) groups is 1. The third kappa shape index (κ3) is 4.53. The van der Waals surface area contributed by atoms with Crippen molar-refractivity contribution in [1.82, 2.24) is 0 Å². The number of anilines is 1. The highest BCUT2D eigenvalue weighted by Crippen LogP contribution is 2.24. The standard InChI is InChI=1S/C21H26N2O2S/c24-21(22-18-9-8-16-4-1-5-17(16)12-18)15-23(13-19-6-2-10-25-19)14-20-7-3-11-26-20/h3,7-9,11-12,19H,1-2,4-6,10,13-15H2,(H,22,24)/p+1/t19-/m1/s1. The molecule has 0 spiro atoms. The van der Waals surface area contributed by atoms with Crippen molar-refractivity contribution >= 4 is 22.9 Å². The summed E-state index contributed by atoms with van der Waals surface area (Å²) in [7, 11) is 0. The molecule has 4 nitrogen and oxygen atoms in total. The number of benzene rings is 1. The first-order valence-electron chi connectivity index (χ1n) is 9.65. The third-order valence-electron chi connectivity index (χ3n) is 5.34. The van der Waals surface area contributed by atoms with Gasteiger partial charge in [-0.25, -0.2) is 0 Å². The Labute approximate surface area is 159 Å². The Hall–Kier alpha value is -1.69. The summed E-state index contributed by atoms with van der Waals surface area (Å²) in [6.07, 6.45) is 6.07. The van der Waals surface area contributed by atoms with Crippen LogP contribution in [-0.2, 0) is 28.9 Å². The molecule has 0 bridgehead atoms. The second kappa shape index (κ2) is 8.33. The average molecular weight is 372 g/mol. The van der Waals surface area contributed by atoms with Crippen molar-refractivity contribution in [2.24, 2.45) is 0 Å². The van der Waals surface area contributed by atoms with Crippen LogP contribution in [0.2, 0.25) is 0 Å². The molecule has 2 N–H and O–H groups in total. The minimum Gasteiger partial charge on any atom is -0.372 e. The fourth-order valence-corrected chi connectivity index (χ4v) is 4.85. The Kier molecular flexibility index (Phi) is 5.68. The van der Waals surface area contributed by atoms with Gasteiger partial charge in [0.1, 0.15) is 19.2 Å². The average Bonchev–Trinajstić information content (AvgIpc) is 3.36. The number of ether oxygens (including phenoxy) is 1. The Balaban J connectivity index is 1.38. The maximum absolute atomic E-state index is 12.7. The molecule has 1 unspecified atom stereocenters. The lowest BCUT2D eigenvalue weighted by Gasteiger charge is -2.21. The van der Waals surface area contributed by atoms with Crippen LogP contribution in [0, 0.1) is 0 Å². The first-order chi connectivity index (χ1) is 12.8.